The predicted octanol–water partition coefficient (Wildman–Crippen LogP) is 2.18. The van der Waals surface area contributed by atoms with Crippen LogP contribution in [0.1, 0.15) is 51.4 Å². The predicted molar refractivity (Wildman–Crippen MR) is 69.6 cm³/mol. The highest BCUT2D eigenvalue weighted by atomic mass is 16.5. The maximum absolute atomic E-state index is 10.8. The highest BCUT2D eigenvalue weighted by Gasteiger charge is 2.25. The van der Waals surface area contributed by atoms with Crippen LogP contribution in [0, 0.1) is 5.92 Å². The smallest absolute Gasteiger partial charge is 0.306 e. The third kappa shape index (κ3) is 4.25. The van der Waals surface area contributed by atoms with Gasteiger partial charge in [0.2, 0.25) is 0 Å². The monoisotopic (exact) mass is 255 g/mol. The summed E-state index contributed by atoms with van der Waals surface area (Å²) >= 11 is 0. The molecule has 1 aliphatic heterocycles. The summed E-state index contributed by atoms with van der Waals surface area (Å²) in [6.07, 6.45) is 8.96. The van der Waals surface area contributed by atoms with Gasteiger partial charge in [-0.1, -0.05) is 0 Å². The molecule has 0 aromatic rings. The Morgan fingerprint density at radius 2 is 2.00 bits per heavy atom. The first kappa shape index (κ1) is 13.8. The first-order valence-electron chi connectivity index (χ1n) is 7.33. The van der Waals surface area contributed by atoms with Crippen LogP contribution in [0.4, 0.5) is 0 Å². The maximum Gasteiger partial charge on any atom is 0.306 e. The fraction of sp³-hybridized carbons (Fsp3) is 0.929. The quantitative estimate of drug-likeness (QED) is 0.714. The first-order chi connectivity index (χ1) is 8.75. The van der Waals surface area contributed by atoms with Crippen LogP contribution >= 0.6 is 0 Å². The number of carboxylic acids is 1. The van der Waals surface area contributed by atoms with E-state index in [2.05, 4.69) is 5.32 Å². The minimum absolute atomic E-state index is 0.102. The van der Waals surface area contributed by atoms with Crippen LogP contribution in [0.5, 0.6) is 0 Å². The summed E-state index contributed by atoms with van der Waals surface area (Å²) in [4.78, 5) is 10.8. The van der Waals surface area contributed by atoms with Gasteiger partial charge in [0.05, 0.1) is 12.0 Å². The number of hydrogen-bond acceptors (Lipinski definition) is 3. The van der Waals surface area contributed by atoms with E-state index in [1.807, 2.05) is 0 Å². The molecule has 4 nitrogen and oxygen atoms in total. The van der Waals surface area contributed by atoms with Crippen LogP contribution in [-0.2, 0) is 9.53 Å². The van der Waals surface area contributed by atoms with Crippen LogP contribution in [0.2, 0.25) is 0 Å². The minimum Gasteiger partial charge on any atom is -0.481 e. The van der Waals surface area contributed by atoms with E-state index in [1.165, 1.54) is 19.3 Å². The Morgan fingerprint density at radius 1 is 1.22 bits per heavy atom. The van der Waals surface area contributed by atoms with Crippen LogP contribution < -0.4 is 5.32 Å². The largest absolute Gasteiger partial charge is 0.481 e. The van der Waals surface area contributed by atoms with Gasteiger partial charge in [-0.3, -0.25) is 4.79 Å². The van der Waals surface area contributed by atoms with Crippen LogP contribution in [0.25, 0.3) is 0 Å². The fourth-order valence-corrected chi connectivity index (χ4v) is 3.05. The summed E-state index contributed by atoms with van der Waals surface area (Å²) in [7, 11) is 0. The topological polar surface area (TPSA) is 58.6 Å². The van der Waals surface area contributed by atoms with Gasteiger partial charge in [-0.2, -0.15) is 0 Å². The molecular weight excluding hydrogens is 230 g/mol. The second-order valence-electron chi connectivity index (χ2n) is 5.62. The standard InChI is InChI=1S/C14H25NO3/c16-14(17)11-5-7-12(8-6-11)15-9-1-3-13-4-2-10-18-13/h11-13,15H,1-10H2,(H,16,17). The second-order valence-corrected chi connectivity index (χ2v) is 5.62. The van der Waals surface area contributed by atoms with Crippen molar-refractivity contribution in [1.82, 2.24) is 5.32 Å². The number of aliphatic carboxylic acids is 1. The molecule has 4 heteroatoms. The zero-order chi connectivity index (χ0) is 12.8. The molecule has 2 aliphatic rings. The van der Waals surface area contributed by atoms with Crippen LogP contribution in [0.15, 0.2) is 0 Å². The van der Waals surface area contributed by atoms with Crippen molar-refractivity contribution in [3.05, 3.63) is 0 Å². The number of ether oxygens (including phenoxy) is 1. The molecule has 0 aromatic carbocycles. The van der Waals surface area contributed by atoms with Gasteiger partial charge in [0.1, 0.15) is 0 Å². The van der Waals surface area contributed by atoms with Crippen molar-refractivity contribution in [1.29, 1.82) is 0 Å². The lowest BCUT2D eigenvalue weighted by Gasteiger charge is -2.27. The summed E-state index contributed by atoms with van der Waals surface area (Å²) in [6.45, 7) is 1.99. The van der Waals surface area contributed by atoms with E-state index in [-0.39, 0.29) is 5.92 Å². The molecule has 2 rings (SSSR count). The van der Waals surface area contributed by atoms with E-state index < -0.39 is 5.97 Å². The summed E-state index contributed by atoms with van der Waals surface area (Å²) in [5.41, 5.74) is 0. The molecule has 1 unspecified atom stereocenters. The Labute approximate surface area is 109 Å². The highest BCUT2D eigenvalue weighted by molar-refractivity contribution is 5.70. The van der Waals surface area contributed by atoms with Crippen molar-refractivity contribution in [2.24, 2.45) is 5.92 Å². The molecule has 1 atom stereocenters. The SMILES string of the molecule is O=C(O)C1CCC(NCCCC2CCCO2)CC1. The average molecular weight is 255 g/mol. The molecule has 0 bridgehead atoms. The normalized spacial score (nSPS) is 32.6. The number of nitrogens with one attached hydrogen (secondary N) is 1. The zero-order valence-electron chi connectivity index (χ0n) is 11.1. The van der Waals surface area contributed by atoms with Gasteiger partial charge in [0.25, 0.3) is 0 Å². The summed E-state index contributed by atoms with van der Waals surface area (Å²) < 4.78 is 5.59. The van der Waals surface area contributed by atoms with Crippen molar-refractivity contribution >= 4 is 5.97 Å². The van der Waals surface area contributed by atoms with E-state index >= 15 is 0 Å². The summed E-state index contributed by atoms with van der Waals surface area (Å²) in [5.74, 6) is -0.721. The summed E-state index contributed by atoms with van der Waals surface area (Å²) in [5, 5.41) is 12.5. The fourth-order valence-electron chi connectivity index (χ4n) is 3.05. The Morgan fingerprint density at radius 3 is 2.61 bits per heavy atom. The van der Waals surface area contributed by atoms with Crippen molar-refractivity contribution < 1.29 is 14.6 Å². The third-order valence-electron chi connectivity index (χ3n) is 4.24. The molecular formula is C14H25NO3. The van der Waals surface area contributed by atoms with Gasteiger partial charge in [-0.15, -0.1) is 0 Å². The highest BCUT2D eigenvalue weighted by Crippen LogP contribution is 2.24. The van der Waals surface area contributed by atoms with E-state index in [0.717, 1.165) is 45.3 Å². The van der Waals surface area contributed by atoms with Crippen molar-refractivity contribution in [3.8, 4) is 0 Å². The average Bonchev–Trinajstić information content (AvgIpc) is 2.88. The Balaban J connectivity index is 1.51. The summed E-state index contributed by atoms with van der Waals surface area (Å²) in [6, 6.07) is 0.532. The van der Waals surface area contributed by atoms with Crippen LogP contribution in [0.3, 0.4) is 0 Å². The van der Waals surface area contributed by atoms with Gasteiger partial charge in [0, 0.05) is 12.6 Å². The molecule has 2 fully saturated rings. The number of hydrogen-bond donors (Lipinski definition) is 2. The molecule has 1 saturated carbocycles. The third-order valence-corrected chi connectivity index (χ3v) is 4.24. The molecule has 1 aliphatic carbocycles. The van der Waals surface area contributed by atoms with Gasteiger partial charge in [-0.25, -0.2) is 0 Å². The number of carbonyl (C=O) groups is 1. The van der Waals surface area contributed by atoms with E-state index in [4.69, 9.17) is 9.84 Å². The molecule has 0 radical (unpaired) electrons. The van der Waals surface area contributed by atoms with Gasteiger partial charge < -0.3 is 15.2 Å². The number of rotatable bonds is 6. The Bertz CT molecular complexity index is 256. The van der Waals surface area contributed by atoms with Crippen LogP contribution in [-0.4, -0.2) is 36.4 Å². The zero-order valence-corrected chi connectivity index (χ0v) is 11.1. The van der Waals surface area contributed by atoms with E-state index in [9.17, 15) is 4.79 Å². The second kappa shape index (κ2) is 7.10. The van der Waals surface area contributed by atoms with E-state index in [0.29, 0.717) is 12.1 Å². The van der Waals surface area contributed by atoms with Gasteiger partial charge in [0.15, 0.2) is 0 Å². The van der Waals surface area contributed by atoms with Gasteiger partial charge in [-0.05, 0) is 57.9 Å². The molecule has 0 spiro atoms. The lowest BCUT2D eigenvalue weighted by atomic mass is 9.86. The molecule has 2 N–H and O–H groups in total. The first-order valence-corrected chi connectivity index (χ1v) is 7.33. The van der Waals surface area contributed by atoms with E-state index in [1.54, 1.807) is 0 Å². The molecule has 18 heavy (non-hydrogen) atoms. The molecule has 1 saturated heterocycles. The van der Waals surface area contributed by atoms with Crippen molar-refractivity contribution in [2.75, 3.05) is 13.2 Å². The molecule has 0 amide bonds. The Hall–Kier alpha value is -0.610. The maximum atomic E-state index is 10.8. The number of carboxylic acid groups (broad SMARTS) is 1. The molecule has 0 aromatic heterocycles. The lowest BCUT2D eigenvalue weighted by molar-refractivity contribution is -0.142. The van der Waals surface area contributed by atoms with Gasteiger partial charge >= 0.3 is 5.97 Å². The van der Waals surface area contributed by atoms with Crippen molar-refractivity contribution in [3.63, 3.8) is 0 Å². The molecule has 1 heterocycles. The Kier molecular flexibility index (Phi) is 5.45. The molecule has 104 valence electrons. The minimum atomic E-state index is -0.619. The lowest BCUT2D eigenvalue weighted by Crippen LogP contribution is -2.35. The van der Waals surface area contributed by atoms with Crippen molar-refractivity contribution in [2.45, 2.75) is 63.5 Å².